The predicted molar refractivity (Wildman–Crippen MR) is 67.5 cm³/mol. The second kappa shape index (κ2) is 7.30. The van der Waals surface area contributed by atoms with Gasteiger partial charge in [-0.1, -0.05) is 26.7 Å². The van der Waals surface area contributed by atoms with E-state index in [4.69, 9.17) is 0 Å². The SMILES string of the molecule is CCC(CC)C(=O)NCC(=O)NC1CCCC1. The van der Waals surface area contributed by atoms with Crippen LogP contribution in [-0.4, -0.2) is 24.4 Å². The van der Waals surface area contributed by atoms with Gasteiger partial charge in [0.1, 0.15) is 0 Å². The number of hydrogen-bond acceptors (Lipinski definition) is 2. The Bertz CT molecular complexity index is 256. The first-order valence-corrected chi connectivity index (χ1v) is 6.74. The third-order valence-corrected chi connectivity index (χ3v) is 3.50. The van der Waals surface area contributed by atoms with Crippen LogP contribution in [0.15, 0.2) is 0 Å². The molecule has 0 heterocycles. The standard InChI is InChI=1S/C13H24N2O2/c1-3-10(4-2)13(17)14-9-12(16)15-11-7-5-6-8-11/h10-11H,3-9H2,1-2H3,(H,14,17)(H,15,16). The van der Waals surface area contributed by atoms with Crippen LogP contribution in [0.1, 0.15) is 52.4 Å². The molecule has 1 fully saturated rings. The minimum Gasteiger partial charge on any atom is -0.352 e. The van der Waals surface area contributed by atoms with Crippen molar-refractivity contribution in [2.75, 3.05) is 6.54 Å². The van der Waals surface area contributed by atoms with Crippen molar-refractivity contribution in [1.82, 2.24) is 10.6 Å². The van der Waals surface area contributed by atoms with E-state index in [0.29, 0.717) is 6.04 Å². The van der Waals surface area contributed by atoms with Gasteiger partial charge in [0.2, 0.25) is 11.8 Å². The number of carbonyl (C=O) groups is 2. The van der Waals surface area contributed by atoms with Gasteiger partial charge < -0.3 is 10.6 Å². The summed E-state index contributed by atoms with van der Waals surface area (Å²) < 4.78 is 0. The molecule has 2 amide bonds. The first-order chi connectivity index (χ1) is 8.17. The second-order valence-corrected chi connectivity index (χ2v) is 4.78. The lowest BCUT2D eigenvalue weighted by atomic mass is 10.0. The molecule has 0 aliphatic heterocycles. The van der Waals surface area contributed by atoms with Crippen molar-refractivity contribution in [1.29, 1.82) is 0 Å². The number of rotatable bonds is 6. The van der Waals surface area contributed by atoms with E-state index < -0.39 is 0 Å². The Morgan fingerprint density at radius 2 is 1.76 bits per heavy atom. The van der Waals surface area contributed by atoms with Crippen molar-refractivity contribution >= 4 is 11.8 Å². The van der Waals surface area contributed by atoms with Crippen LogP contribution in [0, 0.1) is 5.92 Å². The second-order valence-electron chi connectivity index (χ2n) is 4.78. The topological polar surface area (TPSA) is 58.2 Å². The molecule has 0 aromatic heterocycles. The van der Waals surface area contributed by atoms with Gasteiger partial charge in [0.25, 0.3) is 0 Å². The molecule has 17 heavy (non-hydrogen) atoms. The lowest BCUT2D eigenvalue weighted by Crippen LogP contribution is -2.42. The van der Waals surface area contributed by atoms with Crippen LogP contribution in [0.3, 0.4) is 0 Å². The predicted octanol–water partition coefficient (Wildman–Crippen LogP) is 1.60. The molecule has 0 spiro atoms. The van der Waals surface area contributed by atoms with E-state index in [1.807, 2.05) is 13.8 Å². The van der Waals surface area contributed by atoms with Gasteiger partial charge in [0, 0.05) is 12.0 Å². The Hall–Kier alpha value is -1.06. The molecular formula is C13H24N2O2. The van der Waals surface area contributed by atoms with Crippen molar-refractivity contribution in [3.8, 4) is 0 Å². The number of amides is 2. The van der Waals surface area contributed by atoms with Gasteiger partial charge in [-0.05, 0) is 25.7 Å². The summed E-state index contributed by atoms with van der Waals surface area (Å²) in [5.74, 6) is -0.0259. The minimum atomic E-state index is -0.0591. The highest BCUT2D eigenvalue weighted by Gasteiger charge is 2.18. The molecule has 0 aromatic carbocycles. The Morgan fingerprint density at radius 3 is 2.29 bits per heavy atom. The molecule has 1 saturated carbocycles. The fraction of sp³-hybridized carbons (Fsp3) is 0.846. The smallest absolute Gasteiger partial charge is 0.239 e. The summed E-state index contributed by atoms with van der Waals surface area (Å²) in [5.41, 5.74) is 0. The first kappa shape index (κ1) is 14.0. The maximum Gasteiger partial charge on any atom is 0.239 e. The van der Waals surface area contributed by atoms with Crippen LogP contribution >= 0.6 is 0 Å². The van der Waals surface area contributed by atoms with Crippen LogP contribution < -0.4 is 10.6 Å². The number of nitrogens with one attached hydrogen (secondary N) is 2. The summed E-state index contributed by atoms with van der Waals surface area (Å²) in [7, 11) is 0. The van der Waals surface area contributed by atoms with Crippen LogP contribution in [0.5, 0.6) is 0 Å². The molecule has 1 aliphatic carbocycles. The normalized spacial score (nSPS) is 16.2. The maximum atomic E-state index is 11.7. The van der Waals surface area contributed by atoms with Gasteiger partial charge in [-0.3, -0.25) is 9.59 Å². The van der Waals surface area contributed by atoms with E-state index in [2.05, 4.69) is 10.6 Å². The quantitative estimate of drug-likeness (QED) is 0.741. The lowest BCUT2D eigenvalue weighted by molar-refractivity contribution is -0.128. The minimum absolute atomic E-state index is 0.00317. The van der Waals surface area contributed by atoms with Crippen LogP contribution in [-0.2, 0) is 9.59 Å². The molecule has 0 aromatic rings. The third kappa shape index (κ3) is 4.75. The zero-order valence-corrected chi connectivity index (χ0v) is 10.9. The Morgan fingerprint density at radius 1 is 1.18 bits per heavy atom. The van der Waals surface area contributed by atoms with Gasteiger partial charge in [-0.25, -0.2) is 0 Å². The molecule has 98 valence electrons. The molecule has 4 heteroatoms. The van der Waals surface area contributed by atoms with Gasteiger partial charge in [-0.15, -0.1) is 0 Å². The Balaban J connectivity index is 2.20. The highest BCUT2D eigenvalue weighted by molar-refractivity contribution is 5.85. The fourth-order valence-electron chi connectivity index (χ4n) is 2.32. The van der Waals surface area contributed by atoms with Crippen LogP contribution in [0.4, 0.5) is 0 Å². The molecule has 1 rings (SSSR count). The van der Waals surface area contributed by atoms with Crippen molar-refractivity contribution in [3.63, 3.8) is 0 Å². The van der Waals surface area contributed by atoms with E-state index >= 15 is 0 Å². The molecule has 2 N–H and O–H groups in total. The maximum absolute atomic E-state index is 11.7. The fourth-order valence-corrected chi connectivity index (χ4v) is 2.32. The van der Waals surface area contributed by atoms with Crippen LogP contribution in [0.25, 0.3) is 0 Å². The number of carbonyl (C=O) groups excluding carboxylic acids is 2. The van der Waals surface area contributed by atoms with E-state index in [1.54, 1.807) is 0 Å². The van der Waals surface area contributed by atoms with E-state index in [0.717, 1.165) is 25.7 Å². The van der Waals surface area contributed by atoms with Crippen LogP contribution in [0.2, 0.25) is 0 Å². The average Bonchev–Trinajstić information content (AvgIpc) is 2.81. The third-order valence-electron chi connectivity index (χ3n) is 3.50. The highest BCUT2D eigenvalue weighted by Crippen LogP contribution is 2.17. The summed E-state index contributed by atoms with van der Waals surface area (Å²) in [6.45, 7) is 4.10. The summed E-state index contributed by atoms with van der Waals surface area (Å²) in [6, 6.07) is 0.326. The van der Waals surface area contributed by atoms with Gasteiger partial charge in [0.15, 0.2) is 0 Å². The first-order valence-electron chi connectivity index (χ1n) is 6.74. The van der Waals surface area contributed by atoms with E-state index in [1.165, 1.54) is 12.8 Å². The monoisotopic (exact) mass is 240 g/mol. The number of hydrogen-bond donors (Lipinski definition) is 2. The molecule has 4 nitrogen and oxygen atoms in total. The molecular weight excluding hydrogens is 216 g/mol. The van der Waals surface area contributed by atoms with E-state index in [-0.39, 0.29) is 24.3 Å². The van der Waals surface area contributed by atoms with Crippen molar-refractivity contribution < 1.29 is 9.59 Å². The summed E-state index contributed by atoms with van der Waals surface area (Å²) in [6.07, 6.45) is 6.20. The molecule has 0 unspecified atom stereocenters. The Labute approximate surface area is 104 Å². The molecule has 0 saturated heterocycles. The zero-order chi connectivity index (χ0) is 12.7. The van der Waals surface area contributed by atoms with Gasteiger partial charge >= 0.3 is 0 Å². The van der Waals surface area contributed by atoms with Crippen molar-refractivity contribution in [2.45, 2.75) is 58.4 Å². The van der Waals surface area contributed by atoms with Gasteiger partial charge in [-0.2, -0.15) is 0 Å². The Kier molecular flexibility index (Phi) is 6.01. The molecule has 0 radical (unpaired) electrons. The lowest BCUT2D eigenvalue weighted by Gasteiger charge is -2.15. The summed E-state index contributed by atoms with van der Waals surface area (Å²) in [5, 5.41) is 5.66. The molecule has 1 aliphatic rings. The average molecular weight is 240 g/mol. The van der Waals surface area contributed by atoms with E-state index in [9.17, 15) is 9.59 Å². The highest BCUT2D eigenvalue weighted by atomic mass is 16.2. The largest absolute Gasteiger partial charge is 0.352 e. The molecule has 0 bridgehead atoms. The summed E-state index contributed by atoms with van der Waals surface area (Å²) in [4.78, 5) is 23.2. The summed E-state index contributed by atoms with van der Waals surface area (Å²) >= 11 is 0. The zero-order valence-electron chi connectivity index (χ0n) is 10.9. The molecule has 0 atom stereocenters. The van der Waals surface area contributed by atoms with Crippen molar-refractivity contribution in [3.05, 3.63) is 0 Å². The van der Waals surface area contributed by atoms with Gasteiger partial charge in [0.05, 0.1) is 6.54 Å². The van der Waals surface area contributed by atoms with Crippen molar-refractivity contribution in [2.24, 2.45) is 5.92 Å².